The first-order valence-electron chi connectivity index (χ1n) is 9.55. The zero-order chi connectivity index (χ0) is 19.4. The van der Waals surface area contributed by atoms with Gasteiger partial charge >= 0.3 is 0 Å². The van der Waals surface area contributed by atoms with Gasteiger partial charge in [-0.05, 0) is 56.3 Å². The van der Waals surface area contributed by atoms with Gasteiger partial charge < -0.3 is 19.9 Å². The third-order valence-corrected chi connectivity index (χ3v) is 5.24. The van der Waals surface area contributed by atoms with Crippen molar-refractivity contribution < 1.29 is 9.53 Å². The molecule has 0 spiro atoms. The standard InChI is InChI=1S/C22H29N3O2/c1-5-24-10-12-25(13-11-24)18-7-8-20(17(3)15-18)23-22(26)19-14-16(2)6-9-21(19)27-4/h6-9,14-15H,5,10-13H2,1-4H3,(H,23,26). The molecular weight excluding hydrogens is 338 g/mol. The molecule has 5 nitrogen and oxygen atoms in total. The predicted octanol–water partition coefficient (Wildman–Crippen LogP) is 3.71. The Labute approximate surface area is 161 Å². The summed E-state index contributed by atoms with van der Waals surface area (Å²) in [5.41, 5.74) is 4.69. The number of amides is 1. The Morgan fingerprint density at radius 3 is 2.44 bits per heavy atom. The molecule has 0 unspecified atom stereocenters. The van der Waals surface area contributed by atoms with Crippen LogP contribution < -0.4 is 15.0 Å². The lowest BCUT2D eigenvalue weighted by Crippen LogP contribution is -2.46. The van der Waals surface area contributed by atoms with Gasteiger partial charge in [-0.1, -0.05) is 18.6 Å². The van der Waals surface area contributed by atoms with Crippen molar-refractivity contribution in [2.75, 3.05) is 50.1 Å². The highest BCUT2D eigenvalue weighted by atomic mass is 16.5. The van der Waals surface area contributed by atoms with Gasteiger partial charge in [0.25, 0.3) is 5.91 Å². The van der Waals surface area contributed by atoms with Gasteiger partial charge in [0, 0.05) is 37.6 Å². The molecule has 5 heteroatoms. The number of benzene rings is 2. The topological polar surface area (TPSA) is 44.8 Å². The molecule has 0 saturated carbocycles. The lowest BCUT2D eigenvalue weighted by atomic mass is 10.1. The molecule has 0 aromatic heterocycles. The van der Waals surface area contributed by atoms with Gasteiger partial charge in [0.2, 0.25) is 0 Å². The molecule has 144 valence electrons. The number of aryl methyl sites for hydroxylation is 2. The van der Waals surface area contributed by atoms with Crippen LogP contribution in [0.5, 0.6) is 5.75 Å². The minimum Gasteiger partial charge on any atom is -0.496 e. The highest BCUT2D eigenvalue weighted by molar-refractivity contribution is 6.06. The van der Waals surface area contributed by atoms with Crippen molar-refractivity contribution >= 4 is 17.3 Å². The smallest absolute Gasteiger partial charge is 0.259 e. The van der Waals surface area contributed by atoms with Crippen LogP contribution in [0.1, 0.15) is 28.4 Å². The highest BCUT2D eigenvalue weighted by Gasteiger charge is 2.17. The number of hydrogen-bond donors (Lipinski definition) is 1. The molecule has 1 aliphatic heterocycles. The van der Waals surface area contributed by atoms with E-state index in [0.29, 0.717) is 11.3 Å². The maximum atomic E-state index is 12.7. The van der Waals surface area contributed by atoms with E-state index < -0.39 is 0 Å². The van der Waals surface area contributed by atoms with E-state index in [1.54, 1.807) is 7.11 Å². The van der Waals surface area contributed by atoms with E-state index in [9.17, 15) is 4.79 Å². The number of methoxy groups -OCH3 is 1. The second kappa shape index (κ2) is 8.44. The Balaban J connectivity index is 1.73. The van der Waals surface area contributed by atoms with Crippen molar-refractivity contribution in [2.24, 2.45) is 0 Å². The van der Waals surface area contributed by atoms with Crippen LogP contribution in [0.4, 0.5) is 11.4 Å². The molecule has 1 N–H and O–H groups in total. The number of hydrogen-bond acceptors (Lipinski definition) is 4. The van der Waals surface area contributed by atoms with Crippen molar-refractivity contribution in [1.82, 2.24) is 4.90 Å². The van der Waals surface area contributed by atoms with Gasteiger partial charge in [-0.3, -0.25) is 4.79 Å². The quantitative estimate of drug-likeness (QED) is 0.875. The maximum Gasteiger partial charge on any atom is 0.259 e. The fourth-order valence-electron chi connectivity index (χ4n) is 3.50. The summed E-state index contributed by atoms with van der Waals surface area (Å²) in [6, 6.07) is 11.9. The zero-order valence-corrected chi connectivity index (χ0v) is 16.7. The second-order valence-electron chi connectivity index (χ2n) is 7.08. The Morgan fingerprint density at radius 1 is 1.07 bits per heavy atom. The van der Waals surface area contributed by atoms with Crippen molar-refractivity contribution in [3.05, 3.63) is 53.1 Å². The van der Waals surface area contributed by atoms with E-state index >= 15 is 0 Å². The Kier molecular flexibility index (Phi) is 6.01. The number of rotatable bonds is 5. The summed E-state index contributed by atoms with van der Waals surface area (Å²) in [5.74, 6) is 0.434. The molecule has 2 aromatic rings. The maximum absolute atomic E-state index is 12.7. The van der Waals surface area contributed by atoms with Gasteiger partial charge in [-0.15, -0.1) is 0 Å². The first-order valence-corrected chi connectivity index (χ1v) is 9.55. The van der Waals surface area contributed by atoms with Crippen LogP contribution in [0.3, 0.4) is 0 Å². The summed E-state index contributed by atoms with van der Waals surface area (Å²) >= 11 is 0. The van der Waals surface area contributed by atoms with E-state index in [1.807, 2.05) is 38.1 Å². The van der Waals surface area contributed by atoms with Crippen LogP contribution in [-0.4, -0.2) is 50.6 Å². The molecule has 1 heterocycles. The highest BCUT2D eigenvalue weighted by Crippen LogP contribution is 2.26. The van der Waals surface area contributed by atoms with Gasteiger partial charge in [0.05, 0.1) is 12.7 Å². The molecule has 1 saturated heterocycles. The number of likely N-dealkylation sites (N-methyl/N-ethyl adjacent to an activating group) is 1. The molecule has 0 radical (unpaired) electrons. The first-order chi connectivity index (χ1) is 13.0. The van der Waals surface area contributed by atoms with E-state index in [-0.39, 0.29) is 5.91 Å². The summed E-state index contributed by atoms with van der Waals surface area (Å²) in [7, 11) is 1.58. The fourth-order valence-corrected chi connectivity index (χ4v) is 3.50. The average Bonchev–Trinajstić information content (AvgIpc) is 2.69. The third kappa shape index (κ3) is 4.42. The molecule has 0 bridgehead atoms. The van der Waals surface area contributed by atoms with Crippen molar-refractivity contribution in [1.29, 1.82) is 0 Å². The molecule has 3 rings (SSSR count). The monoisotopic (exact) mass is 367 g/mol. The number of carbonyl (C=O) groups excluding carboxylic acids is 1. The van der Waals surface area contributed by atoms with Crippen LogP contribution >= 0.6 is 0 Å². The van der Waals surface area contributed by atoms with Gasteiger partial charge in [-0.25, -0.2) is 0 Å². The average molecular weight is 367 g/mol. The zero-order valence-electron chi connectivity index (χ0n) is 16.7. The van der Waals surface area contributed by atoms with Crippen LogP contribution in [0.2, 0.25) is 0 Å². The van der Waals surface area contributed by atoms with E-state index in [4.69, 9.17) is 4.74 Å². The molecule has 1 aliphatic rings. The number of nitrogens with zero attached hydrogens (tertiary/aromatic N) is 2. The summed E-state index contributed by atoms with van der Waals surface area (Å²) in [6.07, 6.45) is 0. The normalized spacial score (nSPS) is 14.9. The predicted molar refractivity (Wildman–Crippen MR) is 111 cm³/mol. The van der Waals surface area contributed by atoms with Crippen LogP contribution in [0, 0.1) is 13.8 Å². The van der Waals surface area contributed by atoms with E-state index in [2.05, 4.69) is 34.2 Å². The molecule has 1 fully saturated rings. The molecule has 27 heavy (non-hydrogen) atoms. The van der Waals surface area contributed by atoms with Crippen LogP contribution in [0.15, 0.2) is 36.4 Å². The van der Waals surface area contributed by atoms with Crippen molar-refractivity contribution in [3.63, 3.8) is 0 Å². The molecule has 0 atom stereocenters. The van der Waals surface area contributed by atoms with Crippen molar-refractivity contribution in [2.45, 2.75) is 20.8 Å². The van der Waals surface area contributed by atoms with Gasteiger partial charge in [0.1, 0.15) is 5.75 Å². The largest absolute Gasteiger partial charge is 0.496 e. The molecule has 0 aliphatic carbocycles. The van der Waals surface area contributed by atoms with Crippen LogP contribution in [0.25, 0.3) is 0 Å². The lowest BCUT2D eigenvalue weighted by molar-refractivity contribution is 0.102. The number of anilines is 2. The van der Waals surface area contributed by atoms with Crippen LogP contribution in [-0.2, 0) is 0 Å². The Hall–Kier alpha value is -2.53. The third-order valence-electron chi connectivity index (χ3n) is 5.24. The Bertz CT molecular complexity index is 811. The van der Waals surface area contributed by atoms with Gasteiger partial charge in [-0.2, -0.15) is 0 Å². The van der Waals surface area contributed by atoms with E-state index in [0.717, 1.165) is 49.5 Å². The second-order valence-corrected chi connectivity index (χ2v) is 7.08. The number of ether oxygens (including phenoxy) is 1. The number of nitrogens with one attached hydrogen (secondary N) is 1. The minimum atomic E-state index is -0.150. The summed E-state index contributed by atoms with van der Waals surface area (Å²) in [5, 5.41) is 3.03. The number of piperazine rings is 1. The Morgan fingerprint density at radius 2 is 1.81 bits per heavy atom. The fraction of sp³-hybridized carbons (Fsp3) is 0.409. The summed E-state index contributed by atoms with van der Waals surface area (Å²) in [4.78, 5) is 17.6. The van der Waals surface area contributed by atoms with E-state index in [1.165, 1.54) is 5.69 Å². The number of carbonyl (C=O) groups is 1. The molecule has 1 amide bonds. The minimum absolute atomic E-state index is 0.150. The first kappa shape index (κ1) is 19.2. The SMILES string of the molecule is CCN1CCN(c2ccc(NC(=O)c3cc(C)ccc3OC)c(C)c2)CC1. The summed E-state index contributed by atoms with van der Waals surface area (Å²) < 4.78 is 5.33. The molecular formula is C22H29N3O2. The summed E-state index contributed by atoms with van der Waals surface area (Å²) in [6.45, 7) is 11.6. The van der Waals surface area contributed by atoms with Crippen molar-refractivity contribution in [3.8, 4) is 5.75 Å². The van der Waals surface area contributed by atoms with Gasteiger partial charge in [0.15, 0.2) is 0 Å². The lowest BCUT2D eigenvalue weighted by Gasteiger charge is -2.35. The molecule has 2 aromatic carbocycles.